The van der Waals surface area contributed by atoms with E-state index < -0.39 is 0 Å². The third kappa shape index (κ3) is 3.23. The molecule has 0 aliphatic rings. The van der Waals surface area contributed by atoms with E-state index in [4.69, 9.17) is 0 Å². The summed E-state index contributed by atoms with van der Waals surface area (Å²) in [6.45, 7) is 4.31. The summed E-state index contributed by atoms with van der Waals surface area (Å²) in [6.07, 6.45) is 1.48. The molecule has 13 heavy (non-hydrogen) atoms. The summed E-state index contributed by atoms with van der Waals surface area (Å²) in [5.74, 6) is 0. The smallest absolute Gasteiger partial charge is 0.124 e. The van der Waals surface area contributed by atoms with Gasteiger partial charge in [-0.3, -0.25) is 0 Å². The molecular weight excluding hydrogens is 180 g/mol. The Morgan fingerprint density at radius 2 is 2.08 bits per heavy atom. The molecule has 0 atom stereocenters. The second-order valence-electron chi connectivity index (χ2n) is 3.15. The Hall–Kier alpha value is -0.760. The van der Waals surface area contributed by atoms with Crippen LogP contribution in [0, 0.1) is 0 Å². The number of benzene rings is 1. The summed E-state index contributed by atoms with van der Waals surface area (Å²) < 4.78 is 0. The van der Waals surface area contributed by atoms with Crippen molar-refractivity contribution in [3.63, 3.8) is 0 Å². The largest absolute Gasteiger partial charge is 0.303 e. The van der Waals surface area contributed by atoms with Gasteiger partial charge in [0.2, 0.25) is 0 Å². The maximum atomic E-state index is 10.4. The van der Waals surface area contributed by atoms with E-state index in [1.165, 1.54) is 4.90 Å². The third-order valence-electron chi connectivity index (χ3n) is 1.64. The lowest BCUT2D eigenvalue weighted by molar-refractivity contribution is -0.107. The molecular formula is C11H14OS. The van der Waals surface area contributed by atoms with Gasteiger partial charge in [0, 0.05) is 16.6 Å². The zero-order chi connectivity index (χ0) is 9.68. The second kappa shape index (κ2) is 5.07. The monoisotopic (exact) mass is 194 g/mol. The van der Waals surface area contributed by atoms with Gasteiger partial charge in [-0.2, -0.15) is 0 Å². The van der Waals surface area contributed by atoms with Gasteiger partial charge in [0.1, 0.15) is 6.29 Å². The van der Waals surface area contributed by atoms with Crippen LogP contribution in [0.5, 0.6) is 0 Å². The van der Waals surface area contributed by atoms with Crippen LogP contribution in [0.2, 0.25) is 0 Å². The van der Waals surface area contributed by atoms with Crippen molar-refractivity contribution in [3.8, 4) is 0 Å². The van der Waals surface area contributed by atoms with Crippen LogP contribution in [-0.2, 0) is 11.2 Å². The quantitative estimate of drug-likeness (QED) is 0.541. The van der Waals surface area contributed by atoms with E-state index in [0.717, 1.165) is 11.8 Å². The van der Waals surface area contributed by atoms with Gasteiger partial charge >= 0.3 is 0 Å². The molecule has 0 N–H and O–H groups in total. The standard InChI is InChI=1S/C11H14OS/c1-9(2)13-11-6-4-3-5-10(11)7-8-12/h3-6,8-9H,7H2,1-2H3. The van der Waals surface area contributed by atoms with E-state index in [0.29, 0.717) is 11.7 Å². The SMILES string of the molecule is CC(C)Sc1ccccc1CC=O. The highest BCUT2D eigenvalue weighted by Gasteiger charge is 2.03. The van der Waals surface area contributed by atoms with Crippen LogP contribution >= 0.6 is 11.8 Å². The molecule has 0 bridgehead atoms. The number of thioether (sulfide) groups is 1. The summed E-state index contributed by atoms with van der Waals surface area (Å²) in [7, 11) is 0. The van der Waals surface area contributed by atoms with Crippen LogP contribution in [0.25, 0.3) is 0 Å². The summed E-state index contributed by atoms with van der Waals surface area (Å²) >= 11 is 1.81. The Morgan fingerprint density at radius 1 is 1.38 bits per heavy atom. The highest BCUT2D eigenvalue weighted by Crippen LogP contribution is 2.26. The molecule has 0 aliphatic heterocycles. The molecule has 1 aromatic carbocycles. The summed E-state index contributed by atoms with van der Waals surface area (Å²) in [5, 5.41) is 0.563. The molecule has 1 nitrogen and oxygen atoms in total. The van der Waals surface area contributed by atoms with Gasteiger partial charge < -0.3 is 4.79 Å². The zero-order valence-corrected chi connectivity index (χ0v) is 8.80. The molecule has 1 aromatic rings. The number of hydrogen-bond donors (Lipinski definition) is 0. The van der Waals surface area contributed by atoms with Crippen molar-refractivity contribution in [1.82, 2.24) is 0 Å². The first-order valence-electron chi connectivity index (χ1n) is 4.42. The van der Waals surface area contributed by atoms with Crippen LogP contribution < -0.4 is 0 Å². The maximum absolute atomic E-state index is 10.4. The number of hydrogen-bond acceptors (Lipinski definition) is 2. The molecule has 0 aromatic heterocycles. The van der Waals surface area contributed by atoms with Crippen LogP contribution in [0.15, 0.2) is 29.2 Å². The summed E-state index contributed by atoms with van der Waals surface area (Å²) in [4.78, 5) is 11.6. The van der Waals surface area contributed by atoms with Crippen molar-refractivity contribution in [2.45, 2.75) is 30.4 Å². The molecule has 0 unspecified atom stereocenters. The molecule has 0 saturated heterocycles. The first-order chi connectivity index (χ1) is 6.24. The van der Waals surface area contributed by atoms with Gasteiger partial charge in [0.15, 0.2) is 0 Å². The van der Waals surface area contributed by atoms with Crippen LogP contribution in [0.1, 0.15) is 19.4 Å². The molecule has 1 rings (SSSR count). The van der Waals surface area contributed by atoms with Gasteiger partial charge in [-0.15, -0.1) is 11.8 Å². The van der Waals surface area contributed by atoms with Crippen molar-refractivity contribution in [1.29, 1.82) is 0 Å². The number of carbonyl (C=O) groups is 1. The minimum atomic E-state index is 0.524. The van der Waals surface area contributed by atoms with Gasteiger partial charge in [-0.1, -0.05) is 32.0 Å². The predicted molar refractivity (Wildman–Crippen MR) is 57.2 cm³/mol. The maximum Gasteiger partial charge on any atom is 0.124 e. The number of carbonyl (C=O) groups excluding carboxylic acids is 1. The van der Waals surface area contributed by atoms with Crippen LogP contribution in [0.4, 0.5) is 0 Å². The summed E-state index contributed by atoms with van der Waals surface area (Å²) in [6, 6.07) is 8.07. The van der Waals surface area contributed by atoms with Gasteiger partial charge in [-0.05, 0) is 11.6 Å². The van der Waals surface area contributed by atoms with Crippen molar-refractivity contribution in [2.24, 2.45) is 0 Å². The predicted octanol–water partition coefficient (Wildman–Crippen LogP) is 2.93. The topological polar surface area (TPSA) is 17.1 Å². The van der Waals surface area contributed by atoms with Gasteiger partial charge in [0.25, 0.3) is 0 Å². The van der Waals surface area contributed by atoms with Gasteiger partial charge in [-0.25, -0.2) is 0 Å². The lowest BCUT2D eigenvalue weighted by atomic mass is 10.2. The highest BCUT2D eigenvalue weighted by atomic mass is 32.2. The fourth-order valence-corrected chi connectivity index (χ4v) is 2.10. The molecule has 0 amide bonds. The van der Waals surface area contributed by atoms with E-state index in [1.807, 2.05) is 18.2 Å². The first-order valence-corrected chi connectivity index (χ1v) is 5.30. The Kier molecular flexibility index (Phi) is 4.03. The van der Waals surface area contributed by atoms with E-state index in [-0.39, 0.29) is 0 Å². The van der Waals surface area contributed by atoms with E-state index in [2.05, 4.69) is 19.9 Å². The van der Waals surface area contributed by atoms with Crippen LogP contribution in [-0.4, -0.2) is 11.5 Å². The van der Waals surface area contributed by atoms with Crippen LogP contribution in [0.3, 0.4) is 0 Å². The molecule has 0 heterocycles. The Labute approximate surface area is 83.5 Å². The van der Waals surface area contributed by atoms with E-state index in [1.54, 1.807) is 11.8 Å². The molecule has 0 fully saturated rings. The molecule has 2 heteroatoms. The van der Waals surface area contributed by atoms with E-state index >= 15 is 0 Å². The zero-order valence-electron chi connectivity index (χ0n) is 7.99. The van der Waals surface area contributed by atoms with Crippen molar-refractivity contribution in [3.05, 3.63) is 29.8 Å². The fraction of sp³-hybridized carbons (Fsp3) is 0.364. The number of aldehydes is 1. The molecule has 0 saturated carbocycles. The molecule has 0 aliphatic carbocycles. The lowest BCUT2D eigenvalue weighted by Crippen LogP contribution is -1.92. The molecule has 0 radical (unpaired) electrons. The Balaban J connectivity index is 2.83. The fourth-order valence-electron chi connectivity index (χ4n) is 1.13. The third-order valence-corrected chi connectivity index (χ3v) is 2.76. The number of rotatable bonds is 4. The first kappa shape index (κ1) is 10.3. The van der Waals surface area contributed by atoms with E-state index in [9.17, 15) is 4.79 Å². The molecule has 70 valence electrons. The Bertz CT molecular complexity index is 281. The van der Waals surface area contributed by atoms with Crippen molar-refractivity contribution in [2.75, 3.05) is 0 Å². The molecule has 0 spiro atoms. The minimum Gasteiger partial charge on any atom is -0.303 e. The average Bonchev–Trinajstić information content (AvgIpc) is 2.08. The average molecular weight is 194 g/mol. The second-order valence-corrected chi connectivity index (χ2v) is 4.76. The summed E-state index contributed by atoms with van der Waals surface area (Å²) in [5.41, 5.74) is 1.14. The van der Waals surface area contributed by atoms with Gasteiger partial charge in [0.05, 0.1) is 0 Å². The lowest BCUT2D eigenvalue weighted by Gasteiger charge is -2.08. The minimum absolute atomic E-state index is 0.524. The highest BCUT2D eigenvalue weighted by molar-refractivity contribution is 8.00. The van der Waals surface area contributed by atoms with Crippen molar-refractivity contribution >= 4 is 18.0 Å². The van der Waals surface area contributed by atoms with Crippen molar-refractivity contribution < 1.29 is 4.79 Å². The Morgan fingerprint density at radius 3 is 2.69 bits per heavy atom. The normalized spacial score (nSPS) is 10.4.